The number of benzene rings is 4. The Labute approximate surface area is 779 Å². The Morgan fingerprint density at radius 2 is 0.664 bits per heavy atom. The molecule has 0 radical (unpaired) electrons. The second kappa shape index (κ2) is 35.7. The maximum Gasteiger partial charge on any atom is 0.414 e. The summed E-state index contributed by atoms with van der Waals surface area (Å²) in [7, 11) is 3.31. The molecule has 131 heavy (non-hydrogen) atoms. The van der Waals surface area contributed by atoms with Crippen molar-refractivity contribution in [2.45, 2.75) is 243 Å². The number of carbonyl (C=O) groups excluding carboxylic acids is 2. The fourth-order valence-corrected chi connectivity index (χ4v) is 21.9. The Bertz CT molecular complexity index is 5870. The van der Waals surface area contributed by atoms with E-state index >= 15 is 0 Å². The van der Waals surface area contributed by atoms with Gasteiger partial charge in [-0.15, -0.1) is 52.6 Å². The fraction of sp³-hybridized carbons (Fsp3) is 0.421. The summed E-state index contributed by atoms with van der Waals surface area (Å²) in [4.78, 5) is 25.4. The number of fused-ring (bicyclic) bond motifs is 12. The van der Waals surface area contributed by atoms with E-state index in [0.29, 0.717) is 21.5 Å². The van der Waals surface area contributed by atoms with E-state index < -0.39 is 34.7 Å². The largest absolute Gasteiger partial charge is 0.491 e. The fourth-order valence-electron chi connectivity index (χ4n) is 21.6. The Morgan fingerprint density at radius 3 is 0.916 bits per heavy atom. The normalized spacial score (nSPS) is 27.8. The van der Waals surface area contributed by atoms with E-state index in [1.807, 2.05) is 187 Å². The molecular weight excluding hydrogens is 1690 g/mol. The van der Waals surface area contributed by atoms with Crippen molar-refractivity contribution in [3.05, 3.63) is 294 Å². The van der Waals surface area contributed by atoms with Crippen molar-refractivity contribution >= 4 is 59.6 Å². The summed E-state index contributed by atoms with van der Waals surface area (Å²) >= 11 is 12.3. The zero-order valence-corrected chi connectivity index (χ0v) is 78.7. The highest BCUT2D eigenvalue weighted by Crippen LogP contribution is 2.64. The molecule has 12 atom stereocenters. The van der Waals surface area contributed by atoms with E-state index in [1.165, 1.54) is 32.8 Å². The van der Waals surface area contributed by atoms with Crippen molar-refractivity contribution in [1.82, 2.24) is 44.0 Å². The van der Waals surface area contributed by atoms with E-state index in [2.05, 4.69) is 122 Å². The predicted molar refractivity (Wildman–Crippen MR) is 511 cm³/mol. The molecule has 8 aromatic rings. The number of aromatic nitrogens is 8. The summed E-state index contributed by atoms with van der Waals surface area (Å²) in [6.07, 6.45) is 44.3. The molecule has 4 saturated carbocycles. The Hall–Kier alpha value is -10.6. The van der Waals surface area contributed by atoms with Gasteiger partial charge in [-0.1, -0.05) is 122 Å². The average molecular weight is 1810 g/mol. The minimum absolute atomic E-state index is 0.153. The summed E-state index contributed by atoms with van der Waals surface area (Å²) in [6.45, 7) is 50.1. The van der Waals surface area contributed by atoms with Crippen molar-refractivity contribution in [3.63, 3.8) is 0 Å². The molecule has 8 heterocycles. The lowest BCUT2D eigenvalue weighted by atomic mass is 9.62. The Morgan fingerprint density at radius 1 is 0.405 bits per heavy atom. The van der Waals surface area contributed by atoms with Crippen molar-refractivity contribution in [1.29, 1.82) is 0 Å². The van der Waals surface area contributed by atoms with Crippen LogP contribution in [0.4, 0.5) is 4.79 Å². The third kappa shape index (κ3) is 16.2. The van der Waals surface area contributed by atoms with Gasteiger partial charge in [0.2, 0.25) is 0 Å². The molecule has 0 unspecified atom stereocenters. The monoisotopic (exact) mass is 1810 g/mol. The van der Waals surface area contributed by atoms with Crippen molar-refractivity contribution in [3.8, 4) is 40.0 Å². The summed E-state index contributed by atoms with van der Waals surface area (Å²) in [5.41, 5.74) is 16.5. The van der Waals surface area contributed by atoms with E-state index in [9.17, 15) is 9.59 Å². The van der Waals surface area contributed by atoms with E-state index in [1.54, 1.807) is 32.3 Å². The summed E-state index contributed by atoms with van der Waals surface area (Å²) < 4.78 is 77.0. The molecule has 24 heteroatoms. The van der Waals surface area contributed by atoms with Gasteiger partial charge in [0.05, 0.1) is 91.9 Å². The second-order valence-electron chi connectivity index (χ2n) is 38.7. The number of rotatable bonds is 16. The van der Waals surface area contributed by atoms with Crippen LogP contribution in [-0.2, 0) is 68.4 Å². The quantitative estimate of drug-likeness (QED) is 0.0500. The van der Waals surface area contributed by atoms with Gasteiger partial charge >= 0.3 is 12.1 Å². The maximum atomic E-state index is 12.2. The zero-order chi connectivity index (χ0) is 92.7. The third-order valence-corrected chi connectivity index (χ3v) is 29.6. The molecule has 4 aromatic carbocycles. The van der Waals surface area contributed by atoms with Crippen LogP contribution in [0.25, 0.3) is 47.1 Å². The predicted octanol–water partition coefficient (Wildman–Crippen LogP) is 22.5. The molecule has 0 bridgehead atoms. The first kappa shape index (κ1) is 92.3. The first-order valence-electron chi connectivity index (χ1n) is 45.8. The number of amides is 1. The molecule has 4 aromatic heterocycles. The lowest BCUT2D eigenvalue weighted by molar-refractivity contribution is -0.243. The van der Waals surface area contributed by atoms with Crippen LogP contribution in [-0.4, -0.2) is 148 Å². The standard InChI is InChI=1S/C29H34N2O4.C27H31N3O4.C27H32N2O3.C24H24Cl2N2O2/c1-7-24-25(8-2)35-29(34-24)15-9-10-20-16-23-19(17-28(20,29)6)18-30-31(23)21-11-13-22(14-12-21)33-26(32)27(3,4)5;1-6-23-24(7-2)34-27(33-23)14-8-9-19-15-22-18(16-26(19,27)3)17-28-30(22)20-10-12-21(13-11-20)32-25(31)29(4)5;1-6-24-25(7-2)32-27(31-24)14-8-9-20-15-23-19(16-26(20,27)5)17-28-29(23)21-10-12-22(13-11-21)30-18(3)4;1-4-21-22(5-2)30-24(29-21)10-6-7-16-11-20-15(13-23(16,24)3)14-27-28(20)17-8-9-18(25)19(26)12-17/h7-8,11-14,16,18,24-25H,1-2,9-10,15,17H2,3-6H3;6-7,10-13,15,17,23-24H,1-2,8-9,14,16H2,3-5H3;6-7,10-13,15,17-18,24-25H,1-2,8-9,14,16H2,3-5H3;4-5,8-9,11-12,14,21-22H,1-2,6-7,10,13H2,3H3/t24-,25-,28+;23-,24-,26+;24-,25-,26+;21-,22-,23+/m1111/s1. The maximum absolute atomic E-state index is 12.2. The van der Waals surface area contributed by atoms with Gasteiger partial charge in [-0.2, -0.15) is 20.4 Å². The molecule has 12 aliphatic rings. The number of hydrogen-bond acceptors (Lipinski definition) is 17. The highest BCUT2D eigenvalue weighted by atomic mass is 35.5. The molecule has 22 nitrogen and oxygen atoms in total. The summed E-state index contributed by atoms with van der Waals surface area (Å²) in [5, 5.41) is 19.9. The van der Waals surface area contributed by atoms with Crippen molar-refractivity contribution in [2.75, 3.05) is 14.1 Å². The van der Waals surface area contributed by atoms with Gasteiger partial charge in [0.1, 0.15) is 66.1 Å². The zero-order valence-electron chi connectivity index (χ0n) is 77.2. The van der Waals surface area contributed by atoms with Crippen LogP contribution >= 0.6 is 23.2 Å². The molecule has 4 saturated heterocycles. The molecule has 8 fully saturated rings. The smallest absolute Gasteiger partial charge is 0.414 e. The highest BCUT2D eigenvalue weighted by molar-refractivity contribution is 6.42. The van der Waals surface area contributed by atoms with Crippen LogP contribution in [0.1, 0.15) is 184 Å². The van der Waals surface area contributed by atoms with Crippen LogP contribution in [0.15, 0.2) is 239 Å². The molecular formula is C107H121Cl2N9O13. The number of ether oxygens (including phenoxy) is 11. The van der Waals surface area contributed by atoms with Crippen LogP contribution in [0.2, 0.25) is 10.0 Å². The van der Waals surface area contributed by atoms with Crippen molar-refractivity contribution in [2.24, 2.45) is 27.1 Å². The van der Waals surface area contributed by atoms with Gasteiger partial charge in [0, 0.05) is 61.4 Å². The Kier molecular flexibility index (Phi) is 25.2. The molecule has 8 aliphatic carbocycles. The van der Waals surface area contributed by atoms with Crippen LogP contribution in [0, 0.1) is 27.1 Å². The lowest BCUT2D eigenvalue weighted by Crippen LogP contribution is -2.53. The second-order valence-corrected chi connectivity index (χ2v) is 39.5. The number of nitrogens with zero attached hydrogens (tertiary/aromatic N) is 9. The van der Waals surface area contributed by atoms with Gasteiger partial charge in [0.25, 0.3) is 0 Å². The van der Waals surface area contributed by atoms with Crippen LogP contribution in [0.3, 0.4) is 0 Å². The van der Waals surface area contributed by atoms with Gasteiger partial charge in [0.15, 0.2) is 23.1 Å². The highest BCUT2D eigenvalue weighted by Gasteiger charge is 2.66. The third-order valence-electron chi connectivity index (χ3n) is 28.9. The van der Waals surface area contributed by atoms with Crippen molar-refractivity contribution < 1.29 is 61.7 Å². The molecule has 0 N–H and O–H groups in total. The number of esters is 1. The first-order valence-corrected chi connectivity index (χ1v) is 46.6. The molecule has 20 rings (SSSR count). The van der Waals surface area contributed by atoms with Crippen LogP contribution < -0.4 is 14.2 Å². The van der Waals surface area contributed by atoms with E-state index in [0.717, 1.165) is 171 Å². The van der Waals surface area contributed by atoms with Gasteiger partial charge < -0.3 is 57.0 Å². The van der Waals surface area contributed by atoms with Gasteiger partial charge in [-0.25, -0.2) is 23.5 Å². The van der Waals surface area contributed by atoms with Crippen LogP contribution in [0.5, 0.6) is 17.2 Å². The minimum atomic E-state index is -0.702. The van der Waals surface area contributed by atoms with E-state index in [-0.39, 0.29) is 82.6 Å². The number of carbonyl (C=O) groups is 2. The topological polar surface area (TPSA) is 210 Å². The van der Waals surface area contributed by atoms with Gasteiger partial charge in [-0.05, 0) is 249 Å². The SMILES string of the molecule is C=C[C@H]1OC2(CCCC3=Cc4c(cnn4-c4ccc(Cl)c(Cl)c4)C[C@@]32C)O[C@@H]1C=C.C=C[C@H]1OC2(CCCC3=Cc4c(cnn4-c4ccc(OC(=O)C(C)(C)C)cc4)C[C@@]32C)O[C@@H]1C=C.C=C[C@H]1OC2(CCCC3=Cc4c(cnn4-c4ccc(OC(=O)N(C)C)cc4)C[C@@]32C)O[C@@H]1C=C.C=C[C@H]1OC2(CCCC3=Cc4c(cnn4-c4ccc(OC(C)C)cc4)C[C@@]32C)O[C@@H]1C=C. The first-order chi connectivity index (χ1) is 62.7. The molecule has 686 valence electrons. The molecule has 1 amide bonds. The number of halogens is 2. The molecule has 4 spiro atoms. The van der Waals surface area contributed by atoms with E-state index in [4.69, 9.17) is 90.6 Å². The summed E-state index contributed by atoms with van der Waals surface area (Å²) in [5.74, 6) is -1.12. The van der Waals surface area contributed by atoms with Gasteiger partial charge in [-0.3, -0.25) is 4.79 Å². The lowest BCUT2D eigenvalue weighted by Gasteiger charge is -2.51. The molecule has 4 aliphatic heterocycles. The summed E-state index contributed by atoms with van der Waals surface area (Å²) in [6, 6.07) is 28.6. The minimum Gasteiger partial charge on any atom is -0.491 e. The average Bonchev–Trinajstić information content (AvgIpc) is 1.66. The number of hydrogen-bond donors (Lipinski definition) is 0. The Balaban J connectivity index is 0.000000122.